The number of hydrogen-bond acceptors (Lipinski definition) is 6. The molecule has 1 aromatic heterocycles. The van der Waals surface area contributed by atoms with E-state index in [2.05, 4.69) is 18.9 Å². The molecule has 0 saturated carbocycles. The van der Waals surface area contributed by atoms with Crippen molar-refractivity contribution in [2.45, 2.75) is 26.7 Å². The van der Waals surface area contributed by atoms with Crippen LogP contribution in [0.15, 0.2) is 64.5 Å². The summed E-state index contributed by atoms with van der Waals surface area (Å²) >= 11 is 6.23. The maximum Gasteiger partial charge on any atom is 0.282 e. The van der Waals surface area contributed by atoms with Crippen molar-refractivity contribution in [1.82, 2.24) is 9.66 Å². The molecule has 0 aliphatic heterocycles. The van der Waals surface area contributed by atoms with Crippen LogP contribution in [-0.4, -0.2) is 27.9 Å². The summed E-state index contributed by atoms with van der Waals surface area (Å²) in [6.45, 7) is 6.05. The van der Waals surface area contributed by atoms with E-state index < -0.39 is 4.92 Å². The number of nitro benzene ring substituents is 1. The quantitative estimate of drug-likeness (QED) is 0.189. The summed E-state index contributed by atoms with van der Waals surface area (Å²) in [5, 5.41) is 16.0. The fourth-order valence-electron chi connectivity index (χ4n) is 3.83. The van der Waals surface area contributed by atoms with Crippen molar-refractivity contribution in [3.05, 3.63) is 96.8 Å². The van der Waals surface area contributed by atoms with Crippen LogP contribution in [0.2, 0.25) is 5.02 Å². The third-order valence-electron chi connectivity index (χ3n) is 5.70. The topological polar surface area (TPSA) is 99.6 Å². The molecule has 178 valence electrons. The van der Waals surface area contributed by atoms with E-state index in [0.29, 0.717) is 22.3 Å². The van der Waals surface area contributed by atoms with Crippen molar-refractivity contribution in [2.75, 3.05) is 7.11 Å². The lowest BCUT2D eigenvalue weighted by Gasteiger charge is -2.17. The van der Waals surface area contributed by atoms with Gasteiger partial charge in [0.05, 0.1) is 34.2 Å². The van der Waals surface area contributed by atoms with Gasteiger partial charge >= 0.3 is 0 Å². The van der Waals surface area contributed by atoms with Crippen LogP contribution < -0.4 is 10.3 Å². The highest BCUT2D eigenvalue weighted by molar-refractivity contribution is 6.33. The molecule has 3 aromatic carbocycles. The van der Waals surface area contributed by atoms with Crippen molar-refractivity contribution in [2.24, 2.45) is 5.10 Å². The lowest BCUT2D eigenvalue weighted by molar-refractivity contribution is -0.384. The number of ether oxygens (including phenoxy) is 1. The zero-order valence-electron chi connectivity index (χ0n) is 19.7. The third kappa shape index (κ3) is 4.65. The number of halogens is 1. The van der Waals surface area contributed by atoms with E-state index >= 15 is 0 Å². The van der Waals surface area contributed by atoms with Gasteiger partial charge in [-0.25, -0.2) is 4.98 Å². The van der Waals surface area contributed by atoms with Crippen LogP contribution in [0.5, 0.6) is 5.75 Å². The molecule has 0 aliphatic carbocycles. The van der Waals surface area contributed by atoms with Gasteiger partial charge in [-0.05, 0) is 54.3 Å². The highest BCUT2D eigenvalue weighted by atomic mass is 35.5. The molecule has 0 radical (unpaired) electrons. The second-order valence-electron chi connectivity index (χ2n) is 8.34. The van der Waals surface area contributed by atoms with Crippen LogP contribution in [-0.2, 0) is 0 Å². The Labute approximate surface area is 206 Å². The smallest absolute Gasteiger partial charge is 0.282 e. The number of nitrogens with zero attached hydrogens (tertiary/aromatic N) is 4. The lowest BCUT2D eigenvalue weighted by Crippen LogP contribution is -2.20. The largest absolute Gasteiger partial charge is 0.496 e. The van der Waals surface area contributed by atoms with E-state index in [0.717, 1.165) is 22.4 Å². The number of fused-ring (bicyclic) bond motifs is 1. The first-order valence-electron chi connectivity index (χ1n) is 10.9. The standard InChI is InChI=1S/C26H23ClN4O4/c1-15(2)20-13-21(16(3)11-24(20)35-4)25-29-23-8-6-5-7-19(23)26(32)30(25)28-14-17-9-10-18(31(33)34)12-22(17)27/h5-15H,1-4H3. The highest BCUT2D eigenvalue weighted by Crippen LogP contribution is 2.34. The first kappa shape index (κ1) is 24.1. The zero-order valence-corrected chi connectivity index (χ0v) is 20.4. The van der Waals surface area contributed by atoms with Gasteiger partial charge in [0, 0.05) is 23.3 Å². The monoisotopic (exact) mass is 490 g/mol. The number of aryl methyl sites for hydroxylation is 1. The van der Waals surface area contributed by atoms with Crippen LogP contribution in [0.1, 0.15) is 36.5 Å². The molecule has 0 spiro atoms. The Bertz CT molecular complexity index is 1540. The Balaban J connectivity index is 1.96. The summed E-state index contributed by atoms with van der Waals surface area (Å²) in [7, 11) is 1.63. The molecule has 0 atom stereocenters. The summed E-state index contributed by atoms with van der Waals surface area (Å²) < 4.78 is 6.80. The summed E-state index contributed by atoms with van der Waals surface area (Å²) in [4.78, 5) is 28.8. The second-order valence-corrected chi connectivity index (χ2v) is 8.75. The summed E-state index contributed by atoms with van der Waals surface area (Å²) in [5.74, 6) is 1.30. The van der Waals surface area contributed by atoms with Gasteiger partial charge in [-0.15, -0.1) is 0 Å². The zero-order chi connectivity index (χ0) is 25.3. The van der Waals surface area contributed by atoms with Gasteiger partial charge in [-0.3, -0.25) is 14.9 Å². The molecule has 4 aromatic rings. The van der Waals surface area contributed by atoms with Gasteiger partial charge in [0.15, 0.2) is 5.82 Å². The summed E-state index contributed by atoms with van der Waals surface area (Å²) in [6.07, 6.45) is 1.40. The Kier molecular flexibility index (Phi) is 6.66. The van der Waals surface area contributed by atoms with Crippen molar-refractivity contribution < 1.29 is 9.66 Å². The number of benzene rings is 3. The number of hydrogen-bond donors (Lipinski definition) is 0. The fourth-order valence-corrected chi connectivity index (χ4v) is 4.05. The predicted octanol–water partition coefficient (Wildman–Crippen LogP) is 5.95. The maximum atomic E-state index is 13.5. The third-order valence-corrected chi connectivity index (χ3v) is 6.03. The normalized spacial score (nSPS) is 11.5. The molecular formula is C26H23ClN4O4. The number of para-hydroxylation sites is 1. The molecule has 0 fully saturated rings. The van der Waals surface area contributed by atoms with Gasteiger partial charge in [-0.1, -0.05) is 37.6 Å². The molecule has 35 heavy (non-hydrogen) atoms. The molecule has 0 N–H and O–H groups in total. The first-order valence-corrected chi connectivity index (χ1v) is 11.3. The molecule has 0 saturated heterocycles. The highest BCUT2D eigenvalue weighted by Gasteiger charge is 2.18. The maximum absolute atomic E-state index is 13.5. The van der Waals surface area contributed by atoms with Crippen LogP contribution in [0.25, 0.3) is 22.3 Å². The molecule has 0 bridgehead atoms. The minimum atomic E-state index is -0.526. The van der Waals surface area contributed by atoms with E-state index in [4.69, 9.17) is 21.3 Å². The summed E-state index contributed by atoms with van der Waals surface area (Å²) in [5.41, 5.74) is 3.08. The minimum absolute atomic E-state index is 0.132. The Morgan fingerprint density at radius 1 is 1.17 bits per heavy atom. The van der Waals surface area contributed by atoms with Gasteiger partial charge in [0.1, 0.15) is 5.75 Å². The van der Waals surface area contributed by atoms with E-state index in [1.54, 1.807) is 25.3 Å². The van der Waals surface area contributed by atoms with E-state index in [-0.39, 0.29) is 22.2 Å². The molecule has 0 amide bonds. The fraction of sp³-hybridized carbons (Fsp3) is 0.192. The molecule has 1 heterocycles. The molecule has 9 heteroatoms. The van der Waals surface area contributed by atoms with Crippen LogP contribution in [0.4, 0.5) is 5.69 Å². The van der Waals surface area contributed by atoms with Crippen molar-refractivity contribution >= 4 is 34.4 Å². The minimum Gasteiger partial charge on any atom is -0.496 e. The van der Waals surface area contributed by atoms with Gasteiger partial charge in [-0.2, -0.15) is 9.78 Å². The number of aromatic nitrogens is 2. The Hall–Kier alpha value is -4.04. The number of non-ortho nitro benzene ring substituents is 1. The number of nitro groups is 1. The van der Waals surface area contributed by atoms with Gasteiger partial charge in [0.25, 0.3) is 11.2 Å². The number of methoxy groups -OCH3 is 1. The second kappa shape index (κ2) is 9.68. The molecular weight excluding hydrogens is 468 g/mol. The van der Waals surface area contributed by atoms with E-state index in [1.165, 1.54) is 29.1 Å². The van der Waals surface area contributed by atoms with Crippen LogP contribution in [0, 0.1) is 17.0 Å². The van der Waals surface area contributed by atoms with E-state index in [1.807, 2.05) is 25.1 Å². The van der Waals surface area contributed by atoms with Gasteiger partial charge in [0.2, 0.25) is 0 Å². The molecule has 8 nitrogen and oxygen atoms in total. The van der Waals surface area contributed by atoms with Crippen molar-refractivity contribution in [3.8, 4) is 17.1 Å². The molecule has 0 unspecified atom stereocenters. The van der Waals surface area contributed by atoms with E-state index in [9.17, 15) is 14.9 Å². The first-order chi connectivity index (χ1) is 16.7. The van der Waals surface area contributed by atoms with Crippen LogP contribution >= 0.6 is 11.6 Å². The molecule has 4 rings (SSSR count). The summed E-state index contributed by atoms with van der Waals surface area (Å²) in [6, 6.07) is 15.0. The van der Waals surface area contributed by atoms with Crippen LogP contribution in [0.3, 0.4) is 0 Å². The van der Waals surface area contributed by atoms with Crippen molar-refractivity contribution in [3.63, 3.8) is 0 Å². The Morgan fingerprint density at radius 3 is 2.57 bits per heavy atom. The number of rotatable bonds is 6. The van der Waals surface area contributed by atoms with Gasteiger partial charge < -0.3 is 4.74 Å². The predicted molar refractivity (Wildman–Crippen MR) is 138 cm³/mol. The Morgan fingerprint density at radius 2 is 1.91 bits per heavy atom. The lowest BCUT2D eigenvalue weighted by atomic mass is 9.96. The average Bonchev–Trinajstić information content (AvgIpc) is 2.83. The molecule has 0 aliphatic rings. The SMILES string of the molecule is COc1cc(C)c(-c2nc3ccccc3c(=O)n2N=Cc2ccc([N+](=O)[O-])cc2Cl)cc1C(C)C. The van der Waals surface area contributed by atoms with Crippen molar-refractivity contribution in [1.29, 1.82) is 0 Å². The average molecular weight is 491 g/mol.